The summed E-state index contributed by atoms with van der Waals surface area (Å²) in [6.45, 7) is 6.58. The van der Waals surface area contributed by atoms with Crippen molar-refractivity contribution in [2.24, 2.45) is 0 Å². The Bertz CT molecular complexity index is 911. The number of hydrogen-bond donors (Lipinski definition) is 0. The maximum Gasteiger partial charge on any atom is 0.306 e. The van der Waals surface area contributed by atoms with Gasteiger partial charge in [0.1, 0.15) is 13.2 Å². The van der Waals surface area contributed by atoms with Gasteiger partial charge in [0.15, 0.2) is 6.10 Å². The van der Waals surface area contributed by atoms with E-state index in [0.29, 0.717) is 19.3 Å². The molecule has 0 aliphatic rings. The minimum Gasteiger partial charge on any atom is -0.462 e. The number of carbonyl (C=O) groups excluding carboxylic acids is 3. The molecule has 6 heteroatoms. The molecule has 0 unspecified atom stereocenters. The second kappa shape index (κ2) is 45.6. The lowest BCUT2D eigenvalue weighted by Crippen LogP contribution is -2.30. The average Bonchev–Trinajstić information content (AvgIpc) is 3.19. The van der Waals surface area contributed by atoms with Crippen LogP contribution in [-0.2, 0) is 28.6 Å². The van der Waals surface area contributed by atoms with E-state index in [1.807, 2.05) is 0 Å². The molecule has 6 nitrogen and oxygen atoms in total. The van der Waals surface area contributed by atoms with Crippen molar-refractivity contribution in [3.8, 4) is 0 Å². The van der Waals surface area contributed by atoms with Gasteiger partial charge in [-0.25, -0.2) is 0 Å². The summed E-state index contributed by atoms with van der Waals surface area (Å²) in [4.78, 5) is 37.8. The van der Waals surface area contributed by atoms with Crippen molar-refractivity contribution < 1.29 is 28.6 Å². The molecule has 328 valence electrons. The van der Waals surface area contributed by atoms with Crippen molar-refractivity contribution in [3.05, 3.63) is 24.3 Å². The molecule has 1 atom stereocenters. The van der Waals surface area contributed by atoms with E-state index in [-0.39, 0.29) is 31.1 Å². The van der Waals surface area contributed by atoms with Crippen molar-refractivity contribution in [1.82, 2.24) is 0 Å². The third-order valence-corrected chi connectivity index (χ3v) is 10.7. The predicted molar refractivity (Wildman–Crippen MR) is 238 cm³/mol. The maximum atomic E-state index is 12.7. The Labute approximate surface area is 347 Å². The highest BCUT2D eigenvalue weighted by atomic mass is 16.6. The van der Waals surface area contributed by atoms with Crippen molar-refractivity contribution in [2.75, 3.05) is 13.2 Å². The Hall–Kier alpha value is -2.11. The van der Waals surface area contributed by atoms with Gasteiger partial charge in [0.05, 0.1) is 0 Å². The maximum absolute atomic E-state index is 12.7. The van der Waals surface area contributed by atoms with E-state index in [1.54, 1.807) is 0 Å². The zero-order valence-corrected chi connectivity index (χ0v) is 37.4. The van der Waals surface area contributed by atoms with Gasteiger partial charge in [0.25, 0.3) is 0 Å². The summed E-state index contributed by atoms with van der Waals surface area (Å²) in [6.07, 6.45) is 50.2. The van der Waals surface area contributed by atoms with Gasteiger partial charge >= 0.3 is 17.9 Å². The summed E-state index contributed by atoms with van der Waals surface area (Å²) in [7, 11) is 0. The highest BCUT2D eigenvalue weighted by molar-refractivity contribution is 5.71. The van der Waals surface area contributed by atoms with Gasteiger partial charge in [-0.2, -0.15) is 0 Å². The smallest absolute Gasteiger partial charge is 0.306 e. The van der Waals surface area contributed by atoms with Gasteiger partial charge in [0, 0.05) is 19.3 Å². The minimum absolute atomic E-state index is 0.0731. The number of unbranched alkanes of at least 4 members (excludes halogenated alkanes) is 29. The van der Waals surface area contributed by atoms with Gasteiger partial charge < -0.3 is 14.2 Å². The molecule has 0 heterocycles. The molecule has 0 aliphatic heterocycles. The van der Waals surface area contributed by atoms with Gasteiger partial charge in [-0.1, -0.05) is 199 Å². The molecule has 0 spiro atoms. The molecule has 0 fully saturated rings. The third kappa shape index (κ3) is 43.0. The first-order valence-electron chi connectivity index (χ1n) is 24.3. The second-order valence-corrected chi connectivity index (χ2v) is 16.4. The van der Waals surface area contributed by atoms with Crippen LogP contribution >= 0.6 is 0 Å². The topological polar surface area (TPSA) is 78.9 Å². The number of allylic oxidation sites excluding steroid dienone is 4. The summed E-state index contributed by atoms with van der Waals surface area (Å²) in [5.41, 5.74) is 0. The third-order valence-electron chi connectivity index (χ3n) is 10.7. The molecule has 0 aromatic heterocycles. The van der Waals surface area contributed by atoms with E-state index >= 15 is 0 Å². The molecular formula is C50H92O6. The van der Waals surface area contributed by atoms with Crippen LogP contribution in [0.2, 0.25) is 0 Å². The zero-order valence-electron chi connectivity index (χ0n) is 37.4. The molecule has 56 heavy (non-hydrogen) atoms. The summed E-state index contributed by atoms with van der Waals surface area (Å²) < 4.78 is 16.7. The quantitative estimate of drug-likeness (QED) is 0.0265. The molecule has 0 aliphatic carbocycles. The summed E-state index contributed by atoms with van der Waals surface area (Å²) in [5.74, 6) is -0.882. The van der Waals surface area contributed by atoms with E-state index < -0.39 is 6.10 Å². The Morgan fingerprint density at radius 3 is 0.946 bits per heavy atom. The van der Waals surface area contributed by atoms with Crippen LogP contribution in [0.1, 0.15) is 258 Å². The first-order chi connectivity index (χ1) is 27.5. The van der Waals surface area contributed by atoms with Crippen LogP contribution in [0.25, 0.3) is 0 Å². The second-order valence-electron chi connectivity index (χ2n) is 16.4. The summed E-state index contributed by atoms with van der Waals surface area (Å²) in [6, 6.07) is 0. The van der Waals surface area contributed by atoms with Gasteiger partial charge in [-0.05, 0) is 64.2 Å². The van der Waals surface area contributed by atoms with Crippen molar-refractivity contribution >= 4 is 17.9 Å². The Morgan fingerprint density at radius 2 is 0.607 bits per heavy atom. The van der Waals surface area contributed by atoms with E-state index in [2.05, 4.69) is 45.1 Å². The zero-order chi connectivity index (χ0) is 40.8. The summed E-state index contributed by atoms with van der Waals surface area (Å²) in [5, 5.41) is 0. The Balaban J connectivity index is 4.30. The average molecular weight is 789 g/mol. The first-order valence-corrected chi connectivity index (χ1v) is 24.3. The number of hydrogen-bond acceptors (Lipinski definition) is 6. The number of carbonyl (C=O) groups is 3. The largest absolute Gasteiger partial charge is 0.462 e. The van der Waals surface area contributed by atoms with Crippen molar-refractivity contribution in [2.45, 2.75) is 264 Å². The van der Waals surface area contributed by atoms with E-state index in [9.17, 15) is 14.4 Å². The molecule has 0 rings (SSSR count). The lowest BCUT2D eigenvalue weighted by molar-refractivity contribution is -0.167. The van der Waals surface area contributed by atoms with Gasteiger partial charge in [0.2, 0.25) is 0 Å². The van der Waals surface area contributed by atoms with Crippen LogP contribution in [0.3, 0.4) is 0 Å². The Morgan fingerprint density at radius 1 is 0.339 bits per heavy atom. The van der Waals surface area contributed by atoms with Crippen LogP contribution in [0.4, 0.5) is 0 Å². The molecule has 0 bridgehead atoms. The van der Waals surface area contributed by atoms with Crippen LogP contribution in [0, 0.1) is 0 Å². The minimum atomic E-state index is -0.770. The fraction of sp³-hybridized carbons (Fsp3) is 0.860. The van der Waals surface area contributed by atoms with Crippen LogP contribution in [0.15, 0.2) is 24.3 Å². The predicted octanol–water partition coefficient (Wildman–Crippen LogP) is 15.6. The van der Waals surface area contributed by atoms with E-state index in [0.717, 1.165) is 70.6 Å². The highest BCUT2D eigenvalue weighted by Crippen LogP contribution is 2.15. The monoisotopic (exact) mass is 789 g/mol. The van der Waals surface area contributed by atoms with Crippen LogP contribution < -0.4 is 0 Å². The fourth-order valence-electron chi connectivity index (χ4n) is 6.95. The van der Waals surface area contributed by atoms with Crippen molar-refractivity contribution in [3.63, 3.8) is 0 Å². The molecular weight excluding hydrogens is 697 g/mol. The molecule has 0 aromatic rings. The van der Waals surface area contributed by atoms with Crippen molar-refractivity contribution in [1.29, 1.82) is 0 Å². The van der Waals surface area contributed by atoms with E-state index in [1.165, 1.54) is 148 Å². The molecule has 0 saturated carbocycles. The first kappa shape index (κ1) is 53.9. The number of ether oxygens (including phenoxy) is 3. The Kier molecular flexibility index (Phi) is 43.9. The molecule has 0 radical (unpaired) electrons. The SMILES string of the molecule is CCCC/C=C\CCCCCCCC(=O)O[C@@H](COC(=O)CCCCCCCCC/C=C\CCCCCCCC)COC(=O)CCCCCCCCCCCC. The van der Waals surface area contributed by atoms with Gasteiger partial charge in [-0.15, -0.1) is 0 Å². The molecule has 0 N–H and O–H groups in total. The number of esters is 3. The summed E-state index contributed by atoms with van der Waals surface area (Å²) >= 11 is 0. The van der Waals surface area contributed by atoms with Gasteiger partial charge in [-0.3, -0.25) is 14.4 Å². The molecule has 0 aromatic carbocycles. The normalized spacial score (nSPS) is 12.1. The molecule has 0 saturated heterocycles. The molecule has 0 amide bonds. The van der Waals surface area contributed by atoms with E-state index in [4.69, 9.17) is 14.2 Å². The standard InChI is InChI=1S/C50H92O6/c1-4-7-10-13-16-19-22-23-24-25-26-27-29-31-34-37-40-43-49(52)55-46-47(45-54-48(51)42-39-36-33-30-21-18-15-12-9-6-3)56-50(53)44-41-38-35-32-28-20-17-14-11-8-5-2/h14,17,23-24,47H,4-13,15-16,18-22,25-46H2,1-3H3/b17-14-,24-23-/t47-/m1/s1. The van der Waals surface area contributed by atoms with Crippen LogP contribution in [-0.4, -0.2) is 37.2 Å². The lowest BCUT2D eigenvalue weighted by Gasteiger charge is -2.18. The fourth-order valence-corrected chi connectivity index (χ4v) is 6.95. The van der Waals surface area contributed by atoms with Crippen LogP contribution in [0.5, 0.6) is 0 Å². The highest BCUT2D eigenvalue weighted by Gasteiger charge is 2.19. The number of rotatable bonds is 44. The lowest BCUT2D eigenvalue weighted by atomic mass is 10.1.